The molecular weight excluding hydrogens is 206 g/mol. The van der Waals surface area contributed by atoms with Crippen LogP contribution in [0, 0.1) is 13.8 Å². The van der Waals surface area contributed by atoms with E-state index < -0.39 is 0 Å². The standard InChI is InChI=1S/C11H13N3S/c1-8-4-3-5-12-11(8)13-6-10-14-9(2)7-15-10/h3-5,7H,6H2,1-2H3,(H,12,13). The maximum Gasteiger partial charge on any atom is 0.129 e. The summed E-state index contributed by atoms with van der Waals surface area (Å²) in [6.07, 6.45) is 1.79. The number of hydrogen-bond acceptors (Lipinski definition) is 4. The van der Waals surface area contributed by atoms with Gasteiger partial charge in [0.15, 0.2) is 0 Å². The number of anilines is 1. The van der Waals surface area contributed by atoms with Crippen molar-refractivity contribution in [3.05, 3.63) is 40.0 Å². The lowest BCUT2D eigenvalue weighted by molar-refractivity contribution is 1.05. The van der Waals surface area contributed by atoms with Gasteiger partial charge in [-0.3, -0.25) is 0 Å². The second kappa shape index (κ2) is 4.40. The van der Waals surface area contributed by atoms with Crippen LogP contribution in [0.5, 0.6) is 0 Å². The Hall–Kier alpha value is -1.42. The Morgan fingerprint density at radius 1 is 1.40 bits per heavy atom. The first-order valence-electron chi connectivity index (χ1n) is 4.82. The molecule has 0 saturated heterocycles. The van der Waals surface area contributed by atoms with E-state index in [0.717, 1.165) is 28.6 Å². The van der Waals surface area contributed by atoms with Gasteiger partial charge >= 0.3 is 0 Å². The molecular formula is C11H13N3S. The molecule has 15 heavy (non-hydrogen) atoms. The monoisotopic (exact) mass is 219 g/mol. The molecule has 0 radical (unpaired) electrons. The molecule has 2 aromatic rings. The SMILES string of the molecule is Cc1csc(CNc2ncccc2C)n1. The van der Waals surface area contributed by atoms with Crippen LogP contribution in [0.25, 0.3) is 0 Å². The van der Waals surface area contributed by atoms with Crippen LogP contribution in [0.4, 0.5) is 5.82 Å². The van der Waals surface area contributed by atoms with Gasteiger partial charge in [-0.1, -0.05) is 6.07 Å². The van der Waals surface area contributed by atoms with Crippen molar-refractivity contribution in [2.24, 2.45) is 0 Å². The van der Waals surface area contributed by atoms with Gasteiger partial charge in [-0.05, 0) is 25.5 Å². The van der Waals surface area contributed by atoms with Gasteiger partial charge in [0.1, 0.15) is 10.8 Å². The number of pyridine rings is 1. The summed E-state index contributed by atoms with van der Waals surface area (Å²) in [5.74, 6) is 0.936. The van der Waals surface area contributed by atoms with E-state index in [1.165, 1.54) is 0 Å². The van der Waals surface area contributed by atoms with Crippen LogP contribution in [-0.4, -0.2) is 9.97 Å². The number of thiazole rings is 1. The normalized spacial score (nSPS) is 10.3. The lowest BCUT2D eigenvalue weighted by atomic mass is 10.3. The first-order valence-corrected chi connectivity index (χ1v) is 5.70. The van der Waals surface area contributed by atoms with Gasteiger partial charge in [0.25, 0.3) is 0 Å². The largest absolute Gasteiger partial charge is 0.363 e. The summed E-state index contributed by atoms with van der Waals surface area (Å²) in [5, 5.41) is 6.43. The molecule has 78 valence electrons. The molecule has 3 nitrogen and oxygen atoms in total. The summed E-state index contributed by atoms with van der Waals surface area (Å²) >= 11 is 1.67. The van der Waals surface area contributed by atoms with E-state index in [1.807, 2.05) is 26.0 Å². The molecule has 0 amide bonds. The number of nitrogens with zero attached hydrogens (tertiary/aromatic N) is 2. The van der Waals surface area contributed by atoms with Crippen LogP contribution in [-0.2, 0) is 6.54 Å². The van der Waals surface area contributed by atoms with Crippen molar-refractivity contribution in [3.8, 4) is 0 Å². The molecule has 0 saturated carbocycles. The zero-order valence-corrected chi connectivity index (χ0v) is 9.64. The Morgan fingerprint density at radius 3 is 2.93 bits per heavy atom. The number of aromatic nitrogens is 2. The zero-order valence-electron chi connectivity index (χ0n) is 8.82. The predicted molar refractivity (Wildman–Crippen MR) is 63.2 cm³/mol. The van der Waals surface area contributed by atoms with E-state index in [-0.39, 0.29) is 0 Å². The molecule has 4 heteroatoms. The van der Waals surface area contributed by atoms with Gasteiger partial charge in [0.2, 0.25) is 0 Å². The number of nitrogens with one attached hydrogen (secondary N) is 1. The molecule has 0 bridgehead atoms. The van der Waals surface area contributed by atoms with E-state index >= 15 is 0 Å². The minimum Gasteiger partial charge on any atom is -0.363 e. The van der Waals surface area contributed by atoms with Crippen LogP contribution in [0.1, 0.15) is 16.3 Å². The Balaban J connectivity index is 2.02. The van der Waals surface area contributed by atoms with Crippen molar-refractivity contribution in [2.45, 2.75) is 20.4 Å². The Bertz CT molecular complexity index is 451. The summed E-state index contributed by atoms with van der Waals surface area (Å²) in [6, 6.07) is 3.98. The van der Waals surface area contributed by atoms with E-state index in [1.54, 1.807) is 17.5 Å². The van der Waals surface area contributed by atoms with Crippen molar-refractivity contribution in [2.75, 3.05) is 5.32 Å². The van der Waals surface area contributed by atoms with Crippen LogP contribution >= 0.6 is 11.3 Å². The fourth-order valence-corrected chi connectivity index (χ4v) is 2.03. The Morgan fingerprint density at radius 2 is 2.27 bits per heavy atom. The quantitative estimate of drug-likeness (QED) is 0.862. The van der Waals surface area contributed by atoms with Gasteiger partial charge in [-0.2, -0.15) is 0 Å². The molecule has 0 aliphatic rings. The number of aryl methyl sites for hydroxylation is 2. The van der Waals surface area contributed by atoms with Crippen molar-refractivity contribution in [3.63, 3.8) is 0 Å². The number of rotatable bonds is 3. The summed E-state index contributed by atoms with van der Waals surface area (Å²) < 4.78 is 0. The zero-order chi connectivity index (χ0) is 10.7. The third-order valence-electron chi connectivity index (χ3n) is 2.08. The maximum absolute atomic E-state index is 4.38. The third kappa shape index (κ3) is 2.53. The highest BCUT2D eigenvalue weighted by atomic mass is 32.1. The molecule has 0 spiro atoms. The van der Waals surface area contributed by atoms with E-state index in [9.17, 15) is 0 Å². The molecule has 2 aromatic heterocycles. The van der Waals surface area contributed by atoms with Crippen LogP contribution in [0.15, 0.2) is 23.7 Å². The molecule has 0 aliphatic carbocycles. The van der Waals surface area contributed by atoms with Gasteiger partial charge in [0, 0.05) is 17.3 Å². The minimum absolute atomic E-state index is 0.746. The number of hydrogen-bond donors (Lipinski definition) is 1. The fourth-order valence-electron chi connectivity index (χ4n) is 1.31. The topological polar surface area (TPSA) is 37.8 Å². The smallest absolute Gasteiger partial charge is 0.129 e. The molecule has 0 fully saturated rings. The highest BCUT2D eigenvalue weighted by molar-refractivity contribution is 7.09. The molecule has 1 N–H and O–H groups in total. The molecule has 0 aliphatic heterocycles. The lowest BCUT2D eigenvalue weighted by Gasteiger charge is -2.05. The average molecular weight is 219 g/mol. The Labute approximate surface area is 93.2 Å². The first kappa shape index (κ1) is 10.1. The molecule has 0 atom stereocenters. The van der Waals surface area contributed by atoms with Crippen molar-refractivity contribution >= 4 is 17.2 Å². The van der Waals surface area contributed by atoms with Crippen molar-refractivity contribution in [1.29, 1.82) is 0 Å². The predicted octanol–water partition coefficient (Wildman–Crippen LogP) is 2.77. The van der Waals surface area contributed by atoms with E-state index in [0.29, 0.717) is 0 Å². The van der Waals surface area contributed by atoms with E-state index in [2.05, 4.69) is 20.7 Å². The molecule has 2 heterocycles. The molecule has 2 rings (SSSR count). The van der Waals surface area contributed by atoms with Gasteiger partial charge in [-0.15, -0.1) is 11.3 Å². The summed E-state index contributed by atoms with van der Waals surface area (Å²) in [5.41, 5.74) is 2.24. The highest BCUT2D eigenvalue weighted by Crippen LogP contribution is 2.13. The first-order chi connectivity index (χ1) is 7.25. The van der Waals surface area contributed by atoms with Gasteiger partial charge in [-0.25, -0.2) is 9.97 Å². The fraction of sp³-hybridized carbons (Fsp3) is 0.273. The second-order valence-electron chi connectivity index (χ2n) is 3.41. The van der Waals surface area contributed by atoms with Gasteiger partial charge in [0.05, 0.1) is 6.54 Å². The second-order valence-corrected chi connectivity index (χ2v) is 4.35. The lowest BCUT2D eigenvalue weighted by Crippen LogP contribution is -2.02. The minimum atomic E-state index is 0.746. The summed E-state index contributed by atoms with van der Waals surface area (Å²) in [6.45, 7) is 4.80. The maximum atomic E-state index is 4.38. The highest BCUT2D eigenvalue weighted by Gasteiger charge is 2.00. The van der Waals surface area contributed by atoms with Crippen molar-refractivity contribution in [1.82, 2.24) is 9.97 Å². The van der Waals surface area contributed by atoms with E-state index in [4.69, 9.17) is 0 Å². The van der Waals surface area contributed by atoms with Crippen LogP contribution < -0.4 is 5.32 Å². The molecule has 0 aromatic carbocycles. The third-order valence-corrected chi connectivity index (χ3v) is 3.05. The summed E-state index contributed by atoms with van der Waals surface area (Å²) in [4.78, 5) is 8.65. The van der Waals surface area contributed by atoms with Crippen LogP contribution in [0.2, 0.25) is 0 Å². The molecule has 0 unspecified atom stereocenters. The van der Waals surface area contributed by atoms with Crippen LogP contribution in [0.3, 0.4) is 0 Å². The average Bonchev–Trinajstić information content (AvgIpc) is 2.63. The summed E-state index contributed by atoms with van der Waals surface area (Å²) in [7, 11) is 0. The Kier molecular flexibility index (Phi) is 2.97. The van der Waals surface area contributed by atoms with Gasteiger partial charge < -0.3 is 5.32 Å². The van der Waals surface area contributed by atoms with Crippen molar-refractivity contribution < 1.29 is 0 Å².